The van der Waals surface area contributed by atoms with Gasteiger partial charge in [0, 0.05) is 50.5 Å². The molecule has 1 aliphatic carbocycles. The highest BCUT2D eigenvalue weighted by Gasteiger charge is 2.41. The second-order valence-corrected chi connectivity index (χ2v) is 12.3. The number of imidazole rings is 2. The fourth-order valence-electron chi connectivity index (χ4n) is 7.30. The number of carboxylic acid groups (broad SMARTS) is 1. The number of H-pyrrole nitrogens is 2. The minimum Gasteiger partial charge on any atom is -0.478 e. The minimum absolute atomic E-state index is 0.409. The van der Waals surface area contributed by atoms with Gasteiger partial charge >= 0.3 is 5.97 Å². The molecule has 0 atom stereocenters. The number of carboxylic acids is 1. The lowest BCUT2D eigenvalue weighted by atomic mass is 9.77. The molecule has 9 heteroatoms. The van der Waals surface area contributed by atoms with E-state index in [0.29, 0.717) is 37.2 Å². The number of aromatic amines is 2. The van der Waals surface area contributed by atoms with Crippen molar-refractivity contribution in [2.75, 3.05) is 26.2 Å². The van der Waals surface area contributed by atoms with E-state index in [2.05, 4.69) is 40.7 Å². The summed E-state index contributed by atoms with van der Waals surface area (Å²) in [5, 5.41) is 10.1. The summed E-state index contributed by atoms with van der Waals surface area (Å²) in [5.74, 6) is 0.888. The van der Waals surface area contributed by atoms with Crippen molar-refractivity contribution >= 4 is 5.97 Å². The SMILES string of the molecule is O=C(O)c1cc(CN(Cc2ncc[nH]2)Cc2ncc[nH]2)ccc1CN1CCC2(CCN(C3CCCCC3)CC2)C1. The van der Waals surface area contributed by atoms with Crippen LogP contribution in [-0.4, -0.2) is 77.9 Å². The van der Waals surface area contributed by atoms with Crippen LogP contribution in [0.5, 0.6) is 0 Å². The average molecular weight is 546 g/mol. The molecule has 2 saturated heterocycles. The summed E-state index contributed by atoms with van der Waals surface area (Å²) in [7, 11) is 0. The van der Waals surface area contributed by atoms with E-state index in [1.165, 1.54) is 64.5 Å². The van der Waals surface area contributed by atoms with Gasteiger partial charge in [0.25, 0.3) is 0 Å². The Labute approximate surface area is 237 Å². The molecule has 0 amide bonds. The molecule has 0 bridgehead atoms. The van der Waals surface area contributed by atoms with Crippen LogP contribution in [0.25, 0.3) is 0 Å². The largest absolute Gasteiger partial charge is 0.478 e. The summed E-state index contributed by atoms with van der Waals surface area (Å²) >= 11 is 0. The molecule has 0 radical (unpaired) electrons. The number of aromatic carboxylic acids is 1. The fraction of sp³-hybridized carbons (Fsp3) is 0.581. The first-order chi connectivity index (χ1) is 19.6. The van der Waals surface area contributed by atoms with Gasteiger partial charge in [-0.25, -0.2) is 14.8 Å². The van der Waals surface area contributed by atoms with Gasteiger partial charge < -0.3 is 20.0 Å². The number of benzene rings is 1. The van der Waals surface area contributed by atoms with Crippen molar-refractivity contribution in [1.29, 1.82) is 0 Å². The molecular weight excluding hydrogens is 502 g/mol. The smallest absolute Gasteiger partial charge is 0.336 e. The van der Waals surface area contributed by atoms with Crippen molar-refractivity contribution in [3.05, 3.63) is 71.3 Å². The monoisotopic (exact) mass is 545 g/mol. The van der Waals surface area contributed by atoms with Gasteiger partial charge in [0.05, 0.1) is 18.7 Å². The normalized spacial score (nSPS) is 20.5. The summed E-state index contributed by atoms with van der Waals surface area (Å²) < 4.78 is 0. The van der Waals surface area contributed by atoms with Crippen LogP contribution in [0.2, 0.25) is 0 Å². The fourth-order valence-corrected chi connectivity index (χ4v) is 7.30. The summed E-state index contributed by atoms with van der Waals surface area (Å²) in [6, 6.07) is 6.80. The number of nitrogens with zero attached hydrogens (tertiary/aromatic N) is 5. The van der Waals surface area contributed by atoms with E-state index in [1.54, 1.807) is 12.4 Å². The molecule has 1 saturated carbocycles. The van der Waals surface area contributed by atoms with Gasteiger partial charge in [0.15, 0.2) is 0 Å². The lowest BCUT2D eigenvalue weighted by Crippen LogP contribution is -2.46. The van der Waals surface area contributed by atoms with E-state index in [-0.39, 0.29) is 0 Å². The van der Waals surface area contributed by atoms with Crippen molar-refractivity contribution in [3.8, 4) is 0 Å². The lowest BCUT2D eigenvalue weighted by molar-refractivity contribution is 0.0614. The Morgan fingerprint density at radius 2 is 1.62 bits per heavy atom. The molecule has 2 aliphatic heterocycles. The number of carbonyl (C=O) groups is 1. The van der Waals surface area contributed by atoms with Crippen LogP contribution in [0.3, 0.4) is 0 Å². The maximum atomic E-state index is 12.4. The predicted octanol–water partition coefficient (Wildman–Crippen LogP) is 4.65. The standard InChI is InChI=1S/C31H43N7O2/c39-30(40)27-18-24(19-37(21-28-32-11-12-33-28)22-29-34-13-14-35-29)6-7-25(27)20-36-15-8-31(23-36)9-16-38(17-10-31)26-4-2-1-3-5-26/h6-7,11-14,18,26H,1-5,8-10,15-17,19-23H2,(H,32,33)(H,34,35)(H,39,40). The number of hydrogen-bond acceptors (Lipinski definition) is 6. The third-order valence-electron chi connectivity index (χ3n) is 9.53. The van der Waals surface area contributed by atoms with Crippen molar-refractivity contribution in [3.63, 3.8) is 0 Å². The molecule has 6 rings (SSSR count). The Bertz CT molecular complexity index is 1190. The molecule has 214 valence electrons. The first-order valence-electron chi connectivity index (χ1n) is 15.1. The van der Waals surface area contributed by atoms with Gasteiger partial charge in [0.1, 0.15) is 11.6 Å². The van der Waals surface area contributed by atoms with Crippen molar-refractivity contribution < 1.29 is 9.90 Å². The zero-order valence-corrected chi connectivity index (χ0v) is 23.5. The number of rotatable bonds is 10. The van der Waals surface area contributed by atoms with Gasteiger partial charge in [-0.2, -0.15) is 0 Å². The van der Waals surface area contributed by atoms with Gasteiger partial charge in [-0.15, -0.1) is 0 Å². The first-order valence-corrected chi connectivity index (χ1v) is 15.1. The van der Waals surface area contributed by atoms with Crippen LogP contribution in [0.15, 0.2) is 43.0 Å². The number of piperidine rings is 1. The molecule has 1 spiro atoms. The minimum atomic E-state index is -0.852. The zero-order valence-electron chi connectivity index (χ0n) is 23.5. The summed E-state index contributed by atoms with van der Waals surface area (Å²) in [4.78, 5) is 34.9. The maximum absolute atomic E-state index is 12.4. The second-order valence-electron chi connectivity index (χ2n) is 12.3. The zero-order chi connectivity index (χ0) is 27.4. The topological polar surface area (TPSA) is 104 Å². The molecule has 9 nitrogen and oxygen atoms in total. The third kappa shape index (κ3) is 6.48. The number of hydrogen-bond donors (Lipinski definition) is 3. The highest BCUT2D eigenvalue weighted by molar-refractivity contribution is 5.89. The Balaban J connectivity index is 1.09. The summed E-state index contributed by atoms with van der Waals surface area (Å²) in [6.07, 6.45) is 17.9. The quantitative estimate of drug-likeness (QED) is 0.341. The molecule has 1 aromatic carbocycles. The Morgan fingerprint density at radius 1 is 0.950 bits per heavy atom. The number of nitrogens with one attached hydrogen (secondary N) is 2. The van der Waals surface area contributed by atoms with Gasteiger partial charge in [-0.05, 0) is 74.3 Å². The van der Waals surface area contributed by atoms with Crippen LogP contribution in [0, 0.1) is 5.41 Å². The van der Waals surface area contributed by atoms with Crippen LogP contribution in [0.1, 0.15) is 84.5 Å². The van der Waals surface area contributed by atoms with E-state index in [1.807, 2.05) is 24.5 Å². The molecule has 0 unspecified atom stereocenters. The van der Waals surface area contributed by atoms with Crippen LogP contribution < -0.4 is 0 Å². The molecule has 3 aromatic rings. The van der Waals surface area contributed by atoms with E-state index in [9.17, 15) is 9.90 Å². The molecule has 3 aliphatic rings. The molecule has 4 heterocycles. The molecule has 3 fully saturated rings. The molecule has 3 N–H and O–H groups in total. The van der Waals surface area contributed by atoms with Gasteiger partial charge in [-0.3, -0.25) is 9.80 Å². The molecule has 2 aromatic heterocycles. The Hall–Kier alpha value is -3.01. The number of aromatic nitrogens is 4. The first kappa shape index (κ1) is 27.2. The lowest BCUT2D eigenvalue weighted by Gasteiger charge is -2.44. The van der Waals surface area contributed by atoms with Crippen LogP contribution in [0.4, 0.5) is 0 Å². The van der Waals surface area contributed by atoms with E-state index in [4.69, 9.17) is 0 Å². The Kier molecular flexibility index (Phi) is 8.32. The van der Waals surface area contributed by atoms with Crippen molar-refractivity contribution in [2.45, 2.75) is 83.6 Å². The third-order valence-corrected chi connectivity index (χ3v) is 9.53. The highest BCUT2D eigenvalue weighted by atomic mass is 16.4. The molecule has 40 heavy (non-hydrogen) atoms. The maximum Gasteiger partial charge on any atom is 0.336 e. The summed E-state index contributed by atoms with van der Waals surface area (Å²) in [6.45, 7) is 7.17. The Morgan fingerprint density at radius 3 is 2.25 bits per heavy atom. The van der Waals surface area contributed by atoms with E-state index in [0.717, 1.165) is 41.9 Å². The average Bonchev–Trinajstić information content (AvgIpc) is 3.75. The van der Waals surface area contributed by atoms with Crippen LogP contribution in [-0.2, 0) is 26.2 Å². The van der Waals surface area contributed by atoms with Crippen LogP contribution >= 0.6 is 0 Å². The summed E-state index contributed by atoms with van der Waals surface area (Å²) in [5.41, 5.74) is 2.72. The van der Waals surface area contributed by atoms with Gasteiger partial charge in [0.2, 0.25) is 0 Å². The van der Waals surface area contributed by atoms with E-state index < -0.39 is 5.97 Å². The molecular formula is C31H43N7O2. The van der Waals surface area contributed by atoms with Crippen molar-refractivity contribution in [2.24, 2.45) is 5.41 Å². The van der Waals surface area contributed by atoms with E-state index >= 15 is 0 Å². The number of likely N-dealkylation sites (tertiary alicyclic amines) is 2. The second kappa shape index (κ2) is 12.2. The highest BCUT2D eigenvalue weighted by Crippen LogP contribution is 2.42. The van der Waals surface area contributed by atoms with Crippen molar-refractivity contribution in [1.82, 2.24) is 34.6 Å². The van der Waals surface area contributed by atoms with Gasteiger partial charge in [-0.1, -0.05) is 31.4 Å². The predicted molar refractivity (Wildman–Crippen MR) is 154 cm³/mol.